The van der Waals surface area contributed by atoms with Crippen molar-refractivity contribution in [1.29, 1.82) is 0 Å². The normalized spacial score (nSPS) is 22.7. The van der Waals surface area contributed by atoms with Crippen molar-refractivity contribution < 1.29 is 8.42 Å². The van der Waals surface area contributed by atoms with Crippen LogP contribution in [0.25, 0.3) is 0 Å². The van der Waals surface area contributed by atoms with Crippen LogP contribution in [0.15, 0.2) is 84.0 Å². The second-order valence-corrected chi connectivity index (χ2v) is 10.5. The largest absolute Gasteiger partial charge is 0.264 e. The summed E-state index contributed by atoms with van der Waals surface area (Å²) in [6.45, 7) is 2.53. The van der Waals surface area contributed by atoms with Crippen LogP contribution >= 0.6 is 11.6 Å². The summed E-state index contributed by atoms with van der Waals surface area (Å²) in [5, 5.41) is 0.524. The molecule has 2 aromatic carbocycles. The quantitative estimate of drug-likeness (QED) is 0.540. The molecule has 1 saturated heterocycles. The van der Waals surface area contributed by atoms with Crippen LogP contribution in [0, 0.1) is 0 Å². The fourth-order valence-electron chi connectivity index (χ4n) is 4.52. The molecule has 4 nitrogen and oxygen atoms in total. The van der Waals surface area contributed by atoms with Gasteiger partial charge in [-0.15, -0.1) is 0 Å². The molecule has 0 aliphatic carbocycles. The number of rotatable bonds is 5. The Hall–Kier alpha value is -2.21. The summed E-state index contributed by atoms with van der Waals surface area (Å²) < 4.78 is 28.9. The van der Waals surface area contributed by atoms with Gasteiger partial charge in [-0.25, -0.2) is 8.42 Å². The van der Waals surface area contributed by atoms with E-state index in [0.29, 0.717) is 18.0 Å². The number of halogens is 1. The smallest absolute Gasteiger partial charge is 0.243 e. The standard InChI is InChI=1S/C24H25ClN2O2S/c1-24(16-19-6-3-2-4-7-19)17-20(21-8-5-14-26-18-21)13-15-27(24)30(28,29)23-11-9-22(25)10-12-23/h2-12,14,18,20H,13,15-17H2,1H3. The number of nitrogens with zero attached hydrogens (tertiary/aromatic N) is 2. The highest BCUT2D eigenvalue weighted by atomic mass is 35.5. The van der Waals surface area contributed by atoms with E-state index < -0.39 is 15.6 Å². The number of pyridine rings is 1. The monoisotopic (exact) mass is 440 g/mol. The maximum atomic E-state index is 13.6. The third-order valence-corrected chi connectivity index (χ3v) is 8.28. The summed E-state index contributed by atoms with van der Waals surface area (Å²) in [5.74, 6) is 0.268. The van der Waals surface area contributed by atoms with Crippen molar-refractivity contribution in [3.63, 3.8) is 0 Å². The molecule has 0 amide bonds. The van der Waals surface area contributed by atoms with Crippen molar-refractivity contribution in [3.05, 3.63) is 95.3 Å². The zero-order valence-electron chi connectivity index (χ0n) is 16.9. The average Bonchev–Trinajstić information content (AvgIpc) is 2.75. The number of hydrogen-bond acceptors (Lipinski definition) is 3. The van der Waals surface area contributed by atoms with Crippen LogP contribution < -0.4 is 0 Å². The molecule has 156 valence electrons. The van der Waals surface area contributed by atoms with Gasteiger partial charge < -0.3 is 0 Å². The zero-order valence-corrected chi connectivity index (χ0v) is 18.5. The highest BCUT2D eigenvalue weighted by Crippen LogP contribution is 2.42. The van der Waals surface area contributed by atoms with Crippen molar-refractivity contribution in [2.75, 3.05) is 6.54 Å². The van der Waals surface area contributed by atoms with E-state index in [1.807, 2.05) is 30.5 Å². The van der Waals surface area contributed by atoms with Gasteiger partial charge >= 0.3 is 0 Å². The van der Waals surface area contributed by atoms with Crippen LogP contribution in [-0.2, 0) is 16.4 Å². The molecule has 1 fully saturated rings. The molecule has 1 aromatic heterocycles. The van der Waals surface area contributed by atoms with Crippen molar-refractivity contribution in [2.45, 2.75) is 42.5 Å². The average molecular weight is 441 g/mol. The lowest BCUT2D eigenvalue weighted by Crippen LogP contribution is -2.55. The zero-order chi connectivity index (χ0) is 21.2. The van der Waals surface area contributed by atoms with Crippen LogP contribution in [-0.4, -0.2) is 29.8 Å². The van der Waals surface area contributed by atoms with E-state index in [-0.39, 0.29) is 10.8 Å². The molecule has 3 aromatic rings. The highest BCUT2D eigenvalue weighted by molar-refractivity contribution is 7.89. The van der Waals surface area contributed by atoms with E-state index >= 15 is 0 Å². The predicted octanol–water partition coefficient (Wildman–Crippen LogP) is 5.30. The Labute approximate surface area is 183 Å². The molecule has 0 N–H and O–H groups in total. The summed E-state index contributed by atoms with van der Waals surface area (Å²) in [5.41, 5.74) is 1.74. The molecule has 1 aliphatic heterocycles. The van der Waals surface area contributed by atoms with Gasteiger partial charge in [-0.3, -0.25) is 4.98 Å². The first-order valence-electron chi connectivity index (χ1n) is 10.1. The summed E-state index contributed by atoms with van der Waals surface area (Å²) in [6, 6.07) is 20.6. The summed E-state index contributed by atoms with van der Waals surface area (Å²) in [6.07, 6.45) is 5.82. The van der Waals surface area contributed by atoms with Gasteiger partial charge in [0.1, 0.15) is 0 Å². The number of benzene rings is 2. The lowest BCUT2D eigenvalue weighted by molar-refractivity contribution is 0.134. The third kappa shape index (κ3) is 4.29. The third-order valence-electron chi connectivity index (χ3n) is 5.95. The molecule has 0 radical (unpaired) electrons. The minimum atomic E-state index is -3.65. The Morgan fingerprint density at radius 2 is 1.80 bits per heavy atom. The van der Waals surface area contributed by atoms with E-state index in [0.717, 1.165) is 18.4 Å². The Balaban J connectivity index is 1.72. The van der Waals surface area contributed by atoms with Gasteiger partial charge in [0, 0.05) is 29.5 Å². The van der Waals surface area contributed by atoms with E-state index in [9.17, 15) is 8.42 Å². The Morgan fingerprint density at radius 3 is 2.47 bits per heavy atom. The van der Waals surface area contributed by atoms with Crippen LogP contribution in [0.4, 0.5) is 0 Å². The molecular formula is C24H25ClN2O2S. The first-order chi connectivity index (χ1) is 14.4. The minimum absolute atomic E-state index is 0.268. The second-order valence-electron chi connectivity index (χ2n) is 8.17. The Bertz CT molecular complexity index is 1090. The molecule has 2 unspecified atom stereocenters. The van der Waals surface area contributed by atoms with Gasteiger partial charge in [0.25, 0.3) is 0 Å². The fraction of sp³-hybridized carbons (Fsp3) is 0.292. The topological polar surface area (TPSA) is 50.3 Å². The molecule has 1 aliphatic rings. The maximum Gasteiger partial charge on any atom is 0.243 e. The second kappa shape index (κ2) is 8.50. The van der Waals surface area contributed by atoms with Crippen molar-refractivity contribution in [2.24, 2.45) is 0 Å². The molecule has 2 atom stereocenters. The summed E-state index contributed by atoms with van der Waals surface area (Å²) in [4.78, 5) is 4.55. The number of piperidine rings is 1. The number of aromatic nitrogens is 1. The predicted molar refractivity (Wildman–Crippen MR) is 120 cm³/mol. The molecule has 0 spiro atoms. The molecule has 0 bridgehead atoms. The Kier molecular flexibility index (Phi) is 5.96. The Morgan fingerprint density at radius 1 is 1.07 bits per heavy atom. The molecular weight excluding hydrogens is 416 g/mol. The molecule has 4 rings (SSSR count). The number of sulfonamides is 1. The molecule has 0 saturated carbocycles. The first-order valence-corrected chi connectivity index (χ1v) is 11.9. The van der Waals surface area contributed by atoms with Gasteiger partial charge in [0.2, 0.25) is 10.0 Å². The van der Waals surface area contributed by atoms with Crippen LogP contribution in [0.5, 0.6) is 0 Å². The molecule has 6 heteroatoms. The minimum Gasteiger partial charge on any atom is -0.264 e. The van der Waals surface area contributed by atoms with Crippen LogP contribution in [0.1, 0.15) is 36.8 Å². The van der Waals surface area contributed by atoms with Gasteiger partial charge in [-0.1, -0.05) is 48.0 Å². The van der Waals surface area contributed by atoms with E-state index in [1.165, 1.54) is 5.56 Å². The van der Waals surface area contributed by atoms with Gasteiger partial charge in [0.05, 0.1) is 4.90 Å². The van der Waals surface area contributed by atoms with Crippen molar-refractivity contribution in [1.82, 2.24) is 9.29 Å². The SMILES string of the molecule is CC1(Cc2ccccc2)CC(c2cccnc2)CCN1S(=O)(=O)c1ccc(Cl)cc1. The number of hydrogen-bond donors (Lipinski definition) is 0. The summed E-state index contributed by atoms with van der Waals surface area (Å²) in [7, 11) is -3.65. The van der Waals surface area contributed by atoms with Gasteiger partial charge in [0.15, 0.2) is 0 Å². The molecule has 2 heterocycles. The van der Waals surface area contributed by atoms with E-state index in [2.05, 4.69) is 30.1 Å². The fourth-order valence-corrected chi connectivity index (χ4v) is 6.45. The van der Waals surface area contributed by atoms with E-state index in [4.69, 9.17) is 11.6 Å². The van der Waals surface area contributed by atoms with Crippen molar-refractivity contribution in [3.8, 4) is 0 Å². The maximum absolute atomic E-state index is 13.6. The first kappa shape index (κ1) is 21.0. The van der Waals surface area contributed by atoms with E-state index in [1.54, 1.807) is 34.8 Å². The van der Waals surface area contributed by atoms with Crippen molar-refractivity contribution >= 4 is 21.6 Å². The molecule has 30 heavy (non-hydrogen) atoms. The van der Waals surface area contributed by atoms with Crippen LogP contribution in [0.2, 0.25) is 5.02 Å². The van der Waals surface area contributed by atoms with Gasteiger partial charge in [-0.05, 0) is 73.6 Å². The van der Waals surface area contributed by atoms with Gasteiger partial charge in [-0.2, -0.15) is 4.31 Å². The highest BCUT2D eigenvalue weighted by Gasteiger charge is 2.45. The van der Waals surface area contributed by atoms with Crippen LogP contribution in [0.3, 0.4) is 0 Å². The lowest BCUT2D eigenvalue weighted by Gasteiger charge is -2.47. The summed E-state index contributed by atoms with van der Waals surface area (Å²) >= 11 is 5.98. The lowest BCUT2D eigenvalue weighted by atomic mass is 9.77.